The second kappa shape index (κ2) is 6.33. The summed E-state index contributed by atoms with van der Waals surface area (Å²) in [6.45, 7) is 3.42. The zero-order valence-electron chi connectivity index (χ0n) is 13.4. The van der Waals surface area contributed by atoms with Crippen molar-refractivity contribution in [3.05, 3.63) is 28.3 Å². The molecular weight excluding hydrogens is 300 g/mol. The van der Waals surface area contributed by atoms with Crippen molar-refractivity contribution in [3.8, 4) is 5.75 Å². The van der Waals surface area contributed by atoms with E-state index in [2.05, 4.69) is 5.32 Å². The Hall–Kier alpha value is -1.86. The second-order valence-electron chi connectivity index (χ2n) is 5.93. The summed E-state index contributed by atoms with van der Waals surface area (Å²) in [7, 11) is 1.43. The van der Waals surface area contributed by atoms with E-state index in [0.717, 1.165) is 31.6 Å². The lowest BCUT2D eigenvalue weighted by molar-refractivity contribution is -0.385. The van der Waals surface area contributed by atoms with Crippen molar-refractivity contribution >= 4 is 11.4 Å². The molecule has 1 aromatic rings. The number of benzene rings is 1. The zero-order valence-corrected chi connectivity index (χ0v) is 13.4. The van der Waals surface area contributed by atoms with Crippen LogP contribution >= 0.6 is 0 Å². The Morgan fingerprint density at radius 3 is 2.96 bits per heavy atom. The van der Waals surface area contributed by atoms with Gasteiger partial charge in [-0.2, -0.15) is 0 Å². The van der Waals surface area contributed by atoms with E-state index in [9.17, 15) is 10.1 Å². The highest BCUT2D eigenvalue weighted by Crippen LogP contribution is 2.47. The molecule has 1 saturated heterocycles. The van der Waals surface area contributed by atoms with Gasteiger partial charge in [-0.25, -0.2) is 0 Å². The van der Waals surface area contributed by atoms with Gasteiger partial charge in [-0.3, -0.25) is 10.1 Å². The van der Waals surface area contributed by atoms with E-state index < -0.39 is 4.92 Å². The molecule has 126 valence electrons. The van der Waals surface area contributed by atoms with E-state index in [-0.39, 0.29) is 29.2 Å². The maximum atomic E-state index is 11.0. The predicted octanol–water partition coefficient (Wildman–Crippen LogP) is 2.74. The molecule has 3 rings (SSSR count). The van der Waals surface area contributed by atoms with Gasteiger partial charge in [-0.15, -0.1) is 0 Å². The summed E-state index contributed by atoms with van der Waals surface area (Å²) in [4.78, 5) is 10.5. The van der Waals surface area contributed by atoms with Gasteiger partial charge in [-0.05, 0) is 32.3 Å². The van der Waals surface area contributed by atoms with Gasteiger partial charge >= 0.3 is 5.69 Å². The monoisotopic (exact) mass is 322 g/mol. The van der Waals surface area contributed by atoms with Gasteiger partial charge in [0.15, 0.2) is 5.75 Å². The maximum Gasteiger partial charge on any atom is 0.311 e. The molecule has 23 heavy (non-hydrogen) atoms. The minimum absolute atomic E-state index is 0.0364. The average molecular weight is 322 g/mol. The normalized spacial score (nSPS) is 29.3. The molecule has 2 aliphatic rings. The molecule has 1 aromatic carbocycles. The predicted molar refractivity (Wildman–Crippen MR) is 85.0 cm³/mol. The first-order valence-electron chi connectivity index (χ1n) is 7.95. The van der Waals surface area contributed by atoms with Crippen molar-refractivity contribution in [2.75, 3.05) is 25.6 Å². The quantitative estimate of drug-likeness (QED) is 0.640. The molecule has 0 bridgehead atoms. The SMILES string of the molecule is CCO[C@@H]1C[C@H](Nc2ccc([N+](=O)[O-])c(OC)c2)[C@@]12CCCO2. The van der Waals surface area contributed by atoms with Crippen molar-refractivity contribution < 1.29 is 19.1 Å². The Morgan fingerprint density at radius 1 is 1.52 bits per heavy atom. The van der Waals surface area contributed by atoms with Crippen LogP contribution in [0, 0.1) is 10.1 Å². The van der Waals surface area contributed by atoms with Gasteiger partial charge in [0.2, 0.25) is 0 Å². The number of hydrogen-bond acceptors (Lipinski definition) is 6. The fourth-order valence-electron chi connectivity index (χ4n) is 3.60. The van der Waals surface area contributed by atoms with Crippen molar-refractivity contribution in [1.82, 2.24) is 0 Å². The van der Waals surface area contributed by atoms with Gasteiger partial charge in [-0.1, -0.05) is 0 Å². The van der Waals surface area contributed by atoms with Crippen LogP contribution in [0.4, 0.5) is 11.4 Å². The van der Waals surface area contributed by atoms with Crippen molar-refractivity contribution in [3.63, 3.8) is 0 Å². The highest BCUT2D eigenvalue weighted by atomic mass is 16.6. The van der Waals surface area contributed by atoms with Crippen LogP contribution in [0.2, 0.25) is 0 Å². The lowest BCUT2D eigenvalue weighted by atomic mass is 9.70. The molecular formula is C16H22N2O5. The van der Waals surface area contributed by atoms with E-state index in [4.69, 9.17) is 14.2 Å². The number of nitrogens with one attached hydrogen (secondary N) is 1. The lowest BCUT2D eigenvalue weighted by Gasteiger charge is -2.52. The van der Waals surface area contributed by atoms with Crippen LogP contribution < -0.4 is 10.1 Å². The second-order valence-corrected chi connectivity index (χ2v) is 5.93. The van der Waals surface area contributed by atoms with Crippen LogP contribution in [0.3, 0.4) is 0 Å². The van der Waals surface area contributed by atoms with E-state index in [0.29, 0.717) is 6.61 Å². The first-order valence-corrected chi connectivity index (χ1v) is 7.95. The van der Waals surface area contributed by atoms with E-state index >= 15 is 0 Å². The number of nitro groups is 1. The third-order valence-corrected chi connectivity index (χ3v) is 4.75. The summed E-state index contributed by atoms with van der Waals surface area (Å²) >= 11 is 0. The Bertz CT molecular complexity index is 586. The largest absolute Gasteiger partial charge is 0.490 e. The number of anilines is 1. The molecule has 0 radical (unpaired) electrons. The molecule has 0 aromatic heterocycles. The van der Waals surface area contributed by atoms with Gasteiger partial charge in [0, 0.05) is 31.0 Å². The number of ether oxygens (including phenoxy) is 3. The Morgan fingerprint density at radius 2 is 2.35 bits per heavy atom. The van der Waals surface area contributed by atoms with Gasteiger partial charge in [0.1, 0.15) is 5.60 Å². The molecule has 7 heteroatoms. The van der Waals surface area contributed by atoms with Crippen molar-refractivity contribution in [2.24, 2.45) is 0 Å². The topological polar surface area (TPSA) is 82.9 Å². The summed E-state index contributed by atoms with van der Waals surface area (Å²) in [5.74, 6) is 0.252. The third kappa shape index (κ3) is 2.74. The Labute approximate surface area is 135 Å². The Balaban J connectivity index is 1.76. The van der Waals surface area contributed by atoms with Crippen LogP contribution in [-0.4, -0.2) is 43.0 Å². The Kier molecular flexibility index (Phi) is 4.41. The summed E-state index contributed by atoms with van der Waals surface area (Å²) < 4.78 is 16.9. The number of methoxy groups -OCH3 is 1. The molecule has 1 heterocycles. The summed E-state index contributed by atoms with van der Waals surface area (Å²) in [5.41, 5.74) is 0.485. The first-order chi connectivity index (χ1) is 11.1. The van der Waals surface area contributed by atoms with E-state index in [1.807, 2.05) is 6.92 Å². The summed E-state index contributed by atoms with van der Waals surface area (Å²) in [6, 6.07) is 4.97. The number of rotatable bonds is 6. The van der Waals surface area contributed by atoms with Crippen LogP contribution in [0.1, 0.15) is 26.2 Å². The summed E-state index contributed by atoms with van der Waals surface area (Å²) in [5, 5.41) is 14.4. The smallest absolute Gasteiger partial charge is 0.311 e. The van der Waals surface area contributed by atoms with Crippen molar-refractivity contribution in [2.45, 2.75) is 43.9 Å². The average Bonchev–Trinajstić information content (AvgIpc) is 3.06. The standard InChI is InChI=1S/C16H22N2O5/c1-3-22-15-10-14(16(15)7-4-8-23-16)17-11-5-6-12(18(19)20)13(9-11)21-2/h5-6,9,14-15,17H,3-4,7-8,10H2,1-2H3/t14-,15+,16-/m0/s1. The zero-order chi connectivity index (χ0) is 16.4. The molecule has 0 unspecified atom stereocenters. The summed E-state index contributed by atoms with van der Waals surface area (Å²) in [6.07, 6.45) is 2.99. The lowest BCUT2D eigenvalue weighted by Crippen LogP contribution is -2.66. The molecule has 2 fully saturated rings. The molecule has 7 nitrogen and oxygen atoms in total. The number of hydrogen-bond donors (Lipinski definition) is 1. The molecule has 1 spiro atoms. The van der Waals surface area contributed by atoms with Gasteiger partial charge in [0.05, 0.1) is 24.2 Å². The van der Waals surface area contributed by atoms with E-state index in [1.165, 1.54) is 13.2 Å². The third-order valence-electron chi connectivity index (χ3n) is 4.75. The number of nitrogens with zero attached hydrogens (tertiary/aromatic N) is 1. The fraction of sp³-hybridized carbons (Fsp3) is 0.625. The first kappa shape index (κ1) is 16.0. The number of nitro benzene ring substituents is 1. The van der Waals surface area contributed by atoms with Crippen LogP contribution in [0.25, 0.3) is 0 Å². The minimum Gasteiger partial charge on any atom is -0.490 e. The maximum absolute atomic E-state index is 11.0. The van der Waals surface area contributed by atoms with E-state index in [1.54, 1.807) is 12.1 Å². The highest BCUT2D eigenvalue weighted by Gasteiger charge is 2.58. The van der Waals surface area contributed by atoms with Crippen LogP contribution in [0.15, 0.2) is 18.2 Å². The van der Waals surface area contributed by atoms with Gasteiger partial charge in [0.25, 0.3) is 0 Å². The highest BCUT2D eigenvalue weighted by molar-refractivity contribution is 5.59. The molecule has 0 amide bonds. The molecule has 1 saturated carbocycles. The molecule has 1 aliphatic heterocycles. The fourth-order valence-corrected chi connectivity index (χ4v) is 3.60. The van der Waals surface area contributed by atoms with Crippen molar-refractivity contribution in [1.29, 1.82) is 0 Å². The molecule has 3 atom stereocenters. The molecule has 1 aliphatic carbocycles. The van der Waals surface area contributed by atoms with Crippen LogP contribution in [0.5, 0.6) is 5.75 Å². The minimum atomic E-state index is -0.446. The van der Waals surface area contributed by atoms with Gasteiger partial charge < -0.3 is 19.5 Å². The van der Waals surface area contributed by atoms with Crippen LogP contribution in [-0.2, 0) is 9.47 Å². The molecule has 1 N–H and O–H groups in total.